The minimum Gasteiger partial charge on any atom is -0.290 e. The van der Waals surface area contributed by atoms with Crippen molar-refractivity contribution in [3.8, 4) is 0 Å². The minimum absolute atomic E-state index is 0.648. The van der Waals surface area contributed by atoms with Crippen molar-refractivity contribution in [1.29, 1.82) is 0 Å². The molecule has 0 fully saturated rings. The molecule has 0 aliphatic rings. The van der Waals surface area contributed by atoms with Crippen LogP contribution < -0.4 is 0 Å². The molecule has 0 N–H and O–H groups in total. The average Bonchev–Trinajstić information content (AvgIpc) is 2.32. The molecular weight excluding hydrogens is 350 g/mol. The van der Waals surface area contributed by atoms with Crippen molar-refractivity contribution < 1.29 is 44.3 Å². The van der Waals surface area contributed by atoms with Crippen molar-refractivity contribution in [1.82, 2.24) is 0 Å². The Hall–Kier alpha value is -1.31. The van der Waals surface area contributed by atoms with E-state index >= 15 is 0 Å². The summed E-state index contributed by atoms with van der Waals surface area (Å²) >= 11 is 0. The Kier molecular flexibility index (Phi) is 4.87. The number of carbonyl (C=O) groups is 1. The van der Waals surface area contributed by atoms with Gasteiger partial charge in [-0.1, -0.05) is 30.3 Å². The van der Waals surface area contributed by atoms with E-state index in [2.05, 4.69) is 0 Å². The standard InChI is InChI=1S/C11H7F9OP/c12-9(13,14)22(10(15,16)17,11(18,19)20)6-8(21)7-4-2-1-3-5-7/h1-5H,6H2/q+1. The number of alkyl halides is 9. The highest BCUT2D eigenvalue weighted by molar-refractivity contribution is 7.79. The molecule has 0 aliphatic carbocycles. The molecule has 1 nitrogen and oxygen atoms in total. The number of rotatable bonds is 3. The molecule has 0 bridgehead atoms. The van der Waals surface area contributed by atoms with Gasteiger partial charge in [0.1, 0.15) is 6.16 Å². The number of hydrogen-bond acceptors (Lipinski definition) is 1. The monoisotopic (exact) mass is 357 g/mol. The molecule has 1 rings (SSSR count). The van der Waals surface area contributed by atoms with E-state index in [1.807, 2.05) is 0 Å². The first kappa shape index (κ1) is 18.7. The summed E-state index contributed by atoms with van der Waals surface area (Å²) in [4.78, 5) is 11.5. The Morgan fingerprint density at radius 2 is 1.14 bits per heavy atom. The summed E-state index contributed by atoms with van der Waals surface area (Å²) in [7, 11) is -7.62. The average molecular weight is 357 g/mol. The highest BCUT2D eigenvalue weighted by atomic mass is 31.2. The molecule has 0 radical (unpaired) electrons. The second kappa shape index (κ2) is 5.72. The smallest absolute Gasteiger partial charge is 0.290 e. The molecule has 0 heterocycles. The number of halogens is 9. The molecule has 0 unspecified atom stereocenters. The Bertz CT molecular complexity index is 493. The summed E-state index contributed by atoms with van der Waals surface area (Å²) in [6.07, 6.45) is -2.69. The van der Waals surface area contributed by atoms with E-state index in [-0.39, 0.29) is 0 Å². The third kappa shape index (κ3) is 3.21. The molecule has 1 aromatic rings. The lowest BCUT2D eigenvalue weighted by atomic mass is 10.2. The topological polar surface area (TPSA) is 17.1 Å². The second-order valence-corrected chi connectivity index (χ2v) is 7.62. The van der Waals surface area contributed by atoms with Crippen LogP contribution in [0.4, 0.5) is 39.5 Å². The second-order valence-electron chi connectivity index (χ2n) is 4.16. The zero-order valence-electron chi connectivity index (χ0n) is 10.4. The van der Waals surface area contributed by atoms with Crippen molar-refractivity contribution in [3.63, 3.8) is 0 Å². The molecule has 124 valence electrons. The molecule has 0 aliphatic heterocycles. The lowest BCUT2D eigenvalue weighted by Gasteiger charge is -2.29. The van der Waals surface area contributed by atoms with Gasteiger partial charge in [0.2, 0.25) is 5.78 Å². The number of ketones is 1. The van der Waals surface area contributed by atoms with Gasteiger partial charge in [-0.2, -0.15) is 0 Å². The van der Waals surface area contributed by atoms with Crippen LogP contribution in [0.15, 0.2) is 30.3 Å². The summed E-state index contributed by atoms with van der Waals surface area (Å²) in [6.45, 7) is 0. The third-order valence-electron chi connectivity index (χ3n) is 2.78. The van der Waals surface area contributed by atoms with E-state index in [9.17, 15) is 44.3 Å². The molecule has 0 amide bonds. The maximum atomic E-state index is 12.7. The molecule has 0 atom stereocenters. The first-order valence-corrected chi connectivity index (χ1v) is 7.38. The van der Waals surface area contributed by atoms with Crippen LogP contribution in [0, 0.1) is 0 Å². The molecule has 0 saturated carbocycles. The van der Waals surface area contributed by atoms with E-state index < -0.39 is 42.5 Å². The lowest BCUT2D eigenvalue weighted by molar-refractivity contribution is -0.131. The number of carbonyl (C=O) groups excluding carboxylic acids is 1. The van der Waals surface area contributed by atoms with Crippen molar-refractivity contribution in [2.75, 3.05) is 6.16 Å². The molecule has 0 aromatic heterocycles. The summed E-state index contributed by atoms with van der Waals surface area (Å²) in [6, 6.07) is 5.22. The predicted octanol–water partition coefficient (Wildman–Crippen LogP) is 5.45. The maximum Gasteiger partial charge on any atom is 0.529 e. The minimum atomic E-state index is -7.62. The fourth-order valence-electron chi connectivity index (χ4n) is 1.63. The van der Waals surface area contributed by atoms with Gasteiger partial charge in [0.15, 0.2) is 0 Å². The van der Waals surface area contributed by atoms with Gasteiger partial charge in [0.05, 0.1) is 0 Å². The van der Waals surface area contributed by atoms with E-state index in [0.29, 0.717) is 0 Å². The van der Waals surface area contributed by atoms with Crippen LogP contribution in [-0.4, -0.2) is 29.7 Å². The Balaban J connectivity index is 3.43. The summed E-state index contributed by atoms with van der Waals surface area (Å²) in [5.41, 5.74) is -0.648. The summed E-state index contributed by atoms with van der Waals surface area (Å²) in [5.74, 6) is -21.7. The lowest BCUT2D eigenvalue weighted by Crippen LogP contribution is -2.41. The van der Waals surface area contributed by atoms with Gasteiger partial charge in [0, 0.05) is 5.56 Å². The number of Topliss-reactive ketones (excluding diaryl/α,β-unsaturated/α-hetero) is 1. The predicted molar refractivity (Wildman–Crippen MR) is 60.7 cm³/mol. The fourth-order valence-corrected chi connectivity index (χ4v) is 3.64. The normalized spacial score (nSPS) is 14.0. The van der Waals surface area contributed by atoms with Gasteiger partial charge >= 0.3 is 25.0 Å². The van der Waals surface area contributed by atoms with E-state index in [1.54, 1.807) is 0 Å². The van der Waals surface area contributed by atoms with Gasteiger partial charge in [-0.05, 0) is 0 Å². The number of benzene rings is 1. The van der Waals surface area contributed by atoms with Crippen LogP contribution in [0.25, 0.3) is 0 Å². The fraction of sp³-hybridized carbons (Fsp3) is 0.364. The molecule has 22 heavy (non-hydrogen) atoms. The molecular formula is C11H7F9OP+. The van der Waals surface area contributed by atoms with Crippen LogP contribution in [-0.2, 0) is 0 Å². The molecule has 11 heteroatoms. The van der Waals surface area contributed by atoms with Crippen molar-refractivity contribution in [2.45, 2.75) is 17.8 Å². The van der Waals surface area contributed by atoms with Gasteiger partial charge in [-0.25, -0.2) is 0 Å². The van der Waals surface area contributed by atoms with Crippen LogP contribution in [0.1, 0.15) is 10.4 Å². The zero-order chi connectivity index (χ0) is 17.4. The van der Waals surface area contributed by atoms with Gasteiger partial charge in [0.25, 0.3) is 0 Å². The van der Waals surface area contributed by atoms with Crippen LogP contribution >= 0.6 is 7.26 Å². The summed E-state index contributed by atoms with van der Waals surface area (Å²) < 4.78 is 114. The van der Waals surface area contributed by atoms with Gasteiger partial charge < -0.3 is 0 Å². The molecule has 0 saturated heterocycles. The quantitative estimate of drug-likeness (QED) is 0.400. The van der Waals surface area contributed by atoms with Gasteiger partial charge in [-0.3, -0.25) is 4.79 Å². The van der Waals surface area contributed by atoms with Crippen LogP contribution in [0.5, 0.6) is 0 Å². The third-order valence-corrected chi connectivity index (χ3v) is 6.13. The molecule has 1 aromatic carbocycles. The largest absolute Gasteiger partial charge is 0.529 e. The van der Waals surface area contributed by atoms with Crippen molar-refractivity contribution >= 4 is 13.0 Å². The number of hydrogen-bond donors (Lipinski definition) is 0. The van der Waals surface area contributed by atoms with Crippen molar-refractivity contribution in [3.05, 3.63) is 35.9 Å². The van der Waals surface area contributed by atoms with Gasteiger partial charge in [-0.15, -0.1) is 39.5 Å². The first-order valence-electron chi connectivity index (χ1n) is 5.41. The molecule has 0 spiro atoms. The highest BCUT2D eigenvalue weighted by Crippen LogP contribution is 2.87. The van der Waals surface area contributed by atoms with Crippen LogP contribution in [0.2, 0.25) is 0 Å². The SMILES string of the molecule is O=C(C[P+](C(F)(F)F)(C(F)(F)F)C(F)(F)F)c1ccccc1. The zero-order valence-corrected chi connectivity index (χ0v) is 11.2. The van der Waals surface area contributed by atoms with Crippen molar-refractivity contribution in [2.24, 2.45) is 0 Å². The van der Waals surface area contributed by atoms with Crippen LogP contribution in [0.3, 0.4) is 0 Å². The maximum absolute atomic E-state index is 12.7. The Morgan fingerprint density at radius 3 is 1.45 bits per heavy atom. The first-order chi connectivity index (χ1) is 9.74. The Morgan fingerprint density at radius 1 is 0.773 bits per heavy atom. The van der Waals surface area contributed by atoms with E-state index in [4.69, 9.17) is 0 Å². The Labute approximate surface area is 118 Å². The highest BCUT2D eigenvalue weighted by Gasteiger charge is 2.93. The van der Waals surface area contributed by atoms with E-state index in [0.717, 1.165) is 24.3 Å². The van der Waals surface area contributed by atoms with E-state index in [1.165, 1.54) is 6.07 Å². The summed E-state index contributed by atoms with van der Waals surface area (Å²) in [5, 5.41) is 0.